The van der Waals surface area contributed by atoms with Gasteiger partial charge in [-0.1, -0.05) is 18.2 Å². The molecule has 5 N–H and O–H groups in total. The summed E-state index contributed by atoms with van der Waals surface area (Å²) in [5.74, 6) is -0.520. The zero-order valence-electron chi connectivity index (χ0n) is 10.9. The molecular weight excluding hydrogens is 258 g/mol. The van der Waals surface area contributed by atoms with Crippen molar-refractivity contribution in [3.05, 3.63) is 36.7 Å². The minimum absolute atomic E-state index is 0.520. The molecule has 7 heteroatoms. The molecule has 0 saturated heterocycles. The molecule has 2 rings (SSSR count). The maximum absolute atomic E-state index is 11.7. The van der Waals surface area contributed by atoms with Gasteiger partial charge in [0, 0.05) is 23.0 Å². The Morgan fingerprint density at radius 1 is 1.35 bits per heavy atom. The van der Waals surface area contributed by atoms with E-state index in [-0.39, 0.29) is 0 Å². The van der Waals surface area contributed by atoms with E-state index in [0.29, 0.717) is 5.69 Å². The lowest BCUT2D eigenvalue weighted by atomic mass is 10.1. The van der Waals surface area contributed by atoms with Crippen molar-refractivity contribution in [1.82, 2.24) is 15.1 Å². The van der Waals surface area contributed by atoms with Crippen molar-refractivity contribution in [2.45, 2.75) is 13.0 Å². The van der Waals surface area contributed by atoms with E-state index in [4.69, 9.17) is 11.5 Å². The van der Waals surface area contributed by atoms with Gasteiger partial charge in [0.25, 0.3) is 5.91 Å². The van der Waals surface area contributed by atoms with E-state index in [9.17, 15) is 9.59 Å². The third-order valence-electron chi connectivity index (χ3n) is 2.90. The summed E-state index contributed by atoms with van der Waals surface area (Å²) in [6.07, 6.45) is 3.30. The van der Waals surface area contributed by atoms with Crippen LogP contribution in [0, 0.1) is 0 Å². The van der Waals surface area contributed by atoms with Crippen LogP contribution in [-0.2, 0) is 4.79 Å². The average Bonchev–Trinajstić information content (AvgIpc) is 2.87. The fourth-order valence-corrected chi connectivity index (χ4v) is 1.79. The maximum atomic E-state index is 11.7. The number of aromatic nitrogens is 2. The van der Waals surface area contributed by atoms with Crippen molar-refractivity contribution < 1.29 is 9.59 Å². The molecule has 0 saturated carbocycles. The smallest absolute Gasteiger partial charge is 0.318 e. The van der Waals surface area contributed by atoms with Crippen LogP contribution in [0.15, 0.2) is 36.7 Å². The number of rotatable bonds is 3. The van der Waals surface area contributed by atoms with E-state index >= 15 is 0 Å². The van der Waals surface area contributed by atoms with E-state index in [1.165, 1.54) is 4.68 Å². The number of anilines is 1. The molecule has 1 atom stereocenters. The fraction of sp³-hybridized carbons (Fsp3) is 0.154. The first kappa shape index (κ1) is 13.6. The number of nitrogen functional groups attached to an aromatic ring is 1. The van der Waals surface area contributed by atoms with Gasteiger partial charge in [-0.2, -0.15) is 5.10 Å². The lowest BCUT2D eigenvalue weighted by Gasteiger charge is -2.10. The molecule has 0 radical (unpaired) electrons. The number of imide groups is 1. The van der Waals surface area contributed by atoms with Crippen LogP contribution in [0.3, 0.4) is 0 Å². The summed E-state index contributed by atoms with van der Waals surface area (Å²) in [5.41, 5.74) is 13.0. The third-order valence-corrected chi connectivity index (χ3v) is 2.90. The normalized spacial score (nSPS) is 11.8. The molecule has 1 unspecified atom stereocenters. The second kappa shape index (κ2) is 5.43. The van der Waals surface area contributed by atoms with Crippen LogP contribution in [0.4, 0.5) is 10.5 Å². The Hall–Kier alpha value is -2.83. The highest BCUT2D eigenvalue weighted by atomic mass is 16.2. The number of primary amides is 1. The summed E-state index contributed by atoms with van der Waals surface area (Å²) in [5, 5.41) is 6.13. The zero-order chi connectivity index (χ0) is 14.7. The molecule has 0 aliphatic rings. The Balaban J connectivity index is 2.23. The number of nitrogens with one attached hydrogen (secondary N) is 1. The van der Waals surface area contributed by atoms with E-state index in [2.05, 4.69) is 5.10 Å². The van der Waals surface area contributed by atoms with Crippen LogP contribution in [0.1, 0.15) is 13.0 Å². The van der Waals surface area contributed by atoms with Gasteiger partial charge in [0.15, 0.2) is 0 Å². The Bertz CT molecular complexity index is 650. The molecule has 1 aromatic carbocycles. The fourth-order valence-electron chi connectivity index (χ4n) is 1.79. The highest BCUT2D eigenvalue weighted by molar-refractivity contribution is 5.95. The first-order valence-corrected chi connectivity index (χ1v) is 5.98. The summed E-state index contributed by atoms with van der Waals surface area (Å²) >= 11 is 0. The van der Waals surface area contributed by atoms with Gasteiger partial charge in [-0.3, -0.25) is 14.8 Å². The molecule has 2 aromatic rings. The van der Waals surface area contributed by atoms with Crippen molar-refractivity contribution in [3.8, 4) is 11.1 Å². The first-order chi connectivity index (χ1) is 9.49. The Morgan fingerprint density at radius 3 is 2.70 bits per heavy atom. The van der Waals surface area contributed by atoms with Gasteiger partial charge in [0.05, 0.1) is 6.20 Å². The first-order valence-electron chi connectivity index (χ1n) is 5.98. The number of hydrogen-bond acceptors (Lipinski definition) is 4. The number of carbonyl (C=O) groups is 2. The predicted molar refractivity (Wildman–Crippen MR) is 74.5 cm³/mol. The van der Waals surface area contributed by atoms with E-state index < -0.39 is 18.0 Å². The number of nitrogens with two attached hydrogens (primary N) is 2. The number of nitrogens with zero attached hydrogens (tertiary/aromatic N) is 2. The number of urea groups is 1. The number of benzene rings is 1. The van der Waals surface area contributed by atoms with E-state index in [1.54, 1.807) is 25.4 Å². The number of carbonyl (C=O) groups excluding carboxylic acids is 2. The molecule has 1 heterocycles. The second-order valence-electron chi connectivity index (χ2n) is 4.33. The largest absolute Gasteiger partial charge is 0.398 e. The summed E-state index contributed by atoms with van der Waals surface area (Å²) in [6.45, 7) is 1.61. The lowest BCUT2D eigenvalue weighted by Crippen LogP contribution is -2.39. The molecule has 0 spiro atoms. The molecular formula is C13H15N5O2. The standard InChI is InChI=1S/C13H15N5O2/c1-8(12(19)17-13(15)20)18-7-9(6-16-18)10-4-2-3-5-11(10)14/h2-8H,14H2,1H3,(H3,15,17,19,20). The molecule has 104 valence electrons. The minimum atomic E-state index is -0.887. The average molecular weight is 273 g/mol. The summed E-state index contributed by atoms with van der Waals surface area (Å²) in [6, 6.07) is 5.82. The quantitative estimate of drug-likeness (QED) is 0.720. The molecule has 0 bridgehead atoms. The summed E-state index contributed by atoms with van der Waals surface area (Å²) in [4.78, 5) is 22.3. The van der Waals surface area contributed by atoms with Crippen LogP contribution < -0.4 is 16.8 Å². The Labute approximate surface area is 115 Å². The van der Waals surface area contributed by atoms with Gasteiger partial charge in [-0.15, -0.1) is 0 Å². The molecule has 20 heavy (non-hydrogen) atoms. The van der Waals surface area contributed by atoms with Crippen LogP contribution in [0.25, 0.3) is 11.1 Å². The summed E-state index contributed by atoms with van der Waals surface area (Å²) in [7, 11) is 0. The molecule has 0 fully saturated rings. The van der Waals surface area contributed by atoms with Gasteiger partial charge in [0.2, 0.25) is 0 Å². The predicted octanol–water partition coefficient (Wildman–Crippen LogP) is 0.888. The Kier molecular flexibility index (Phi) is 3.69. The molecule has 0 aliphatic heterocycles. The second-order valence-corrected chi connectivity index (χ2v) is 4.33. The molecule has 7 nitrogen and oxygen atoms in total. The van der Waals surface area contributed by atoms with E-state index in [1.807, 2.05) is 23.5 Å². The van der Waals surface area contributed by atoms with Gasteiger partial charge in [-0.05, 0) is 13.0 Å². The van der Waals surface area contributed by atoms with Crippen molar-refractivity contribution in [2.75, 3.05) is 5.73 Å². The highest BCUT2D eigenvalue weighted by Crippen LogP contribution is 2.25. The van der Waals surface area contributed by atoms with Crippen LogP contribution in [0.5, 0.6) is 0 Å². The third kappa shape index (κ3) is 2.77. The number of para-hydroxylation sites is 1. The van der Waals surface area contributed by atoms with Crippen molar-refractivity contribution in [3.63, 3.8) is 0 Å². The van der Waals surface area contributed by atoms with Crippen molar-refractivity contribution >= 4 is 17.6 Å². The van der Waals surface area contributed by atoms with Gasteiger partial charge < -0.3 is 11.5 Å². The number of hydrogen-bond donors (Lipinski definition) is 3. The monoisotopic (exact) mass is 273 g/mol. The molecule has 0 aliphatic carbocycles. The van der Waals surface area contributed by atoms with E-state index in [0.717, 1.165) is 11.1 Å². The van der Waals surface area contributed by atoms with Gasteiger partial charge in [-0.25, -0.2) is 4.79 Å². The van der Waals surface area contributed by atoms with Crippen LogP contribution >= 0.6 is 0 Å². The maximum Gasteiger partial charge on any atom is 0.318 e. The SMILES string of the molecule is CC(C(=O)NC(N)=O)n1cc(-c2ccccc2N)cn1. The Morgan fingerprint density at radius 2 is 2.05 bits per heavy atom. The van der Waals surface area contributed by atoms with Crippen molar-refractivity contribution in [1.29, 1.82) is 0 Å². The molecule has 3 amide bonds. The summed E-state index contributed by atoms with van der Waals surface area (Å²) < 4.78 is 1.44. The van der Waals surface area contributed by atoms with Gasteiger partial charge >= 0.3 is 6.03 Å². The van der Waals surface area contributed by atoms with Crippen LogP contribution in [-0.4, -0.2) is 21.7 Å². The van der Waals surface area contributed by atoms with Gasteiger partial charge in [0.1, 0.15) is 6.04 Å². The van der Waals surface area contributed by atoms with Crippen LogP contribution in [0.2, 0.25) is 0 Å². The lowest BCUT2D eigenvalue weighted by molar-refractivity contribution is -0.122. The highest BCUT2D eigenvalue weighted by Gasteiger charge is 2.17. The molecule has 1 aromatic heterocycles. The minimum Gasteiger partial charge on any atom is -0.398 e. The van der Waals surface area contributed by atoms with Crippen molar-refractivity contribution in [2.24, 2.45) is 5.73 Å². The number of amides is 3. The topological polar surface area (TPSA) is 116 Å². The zero-order valence-corrected chi connectivity index (χ0v) is 10.9.